The molecule has 27 nitrogen and oxygen atoms in total. The van der Waals surface area contributed by atoms with E-state index in [0.29, 0.717) is 0 Å². The second-order valence-electron chi connectivity index (χ2n) is 9.04. The van der Waals surface area contributed by atoms with Crippen LogP contribution in [0.2, 0.25) is 0 Å². The van der Waals surface area contributed by atoms with Gasteiger partial charge in [0, 0.05) is 18.9 Å². The Morgan fingerprint density at radius 1 is 0.611 bits per heavy atom. The van der Waals surface area contributed by atoms with Crippen molar-refractivity contribution in [3.8, 4) is 0 Å². The van der Waals surface area contributed by atoms with Crippen LogP contribution in [0.25, 0.3) is 0 Å². The number of rotatable bonds is 17. The van der Waals surface area contributed by atoms with Crippen LogP contribution in [0.3, 0.4) is 0 Å². The molecule has 1 atom stereocenters. The molecule has 0 rings (SSSR count). The predicted molar refractivity (Wildman–Crippen MR) is 187 cm³/mol. The van der Waals surface area contributed by atoms with Gasteiger partial charge < -0.3 is 151 Å². The third kappa shape index (κ3) is 104. The lowest BCUT2D eigenvalue weighted by atomic mass is 9.96. The molecule has 35 N–H and O–H groups in total. The Morgan fingerprint density at radius 3 is 0.907 bits per heavy atom. The third-order valence-electron chi connectivity index (χ3n) is 5.20. The van der Waals surface area contributed by atoms with Crippen LogP contribution in [-0.2, 0) is 19.2 Å². The van der Waals surface area contributed by atoms with E-state index in [9.17, 15) is 24.6 Å². The van der Waals surface area contributed by atoms with E-state index in [2.05, 4.69) is 33.4 Å². The van der Waals surface area contributed by atoms with E-state index >= 15 is 0 Å². The minimum atomic E-state index is -2.91. The number of aliphatic carboxylic acids is 3. The predicted octanol–water partition coefficient (Wildman–Crippen LogP) is -5.02. The SMILES string of the molecule is CCCC[N+](CCCC)(CCCC)CCCC.NC(=O)[O-].O=C([O-])CC(O)(CC(=O)O)C(=O)[O-].O=C([O-])O.O=C([O-])O.O=C[O-].[Cl-].[NH4+].[NH4+].[NH4+].[NH4+].[NH4+].[NH4+].[NH4+].[OH-]. The monoisotopic (exact) mass is 837 g/mol. The standard InChI is InChI=1S/C16H36N.C6H8O7.CH3NO2.2CH2O3.CH2O2.ClH.7H3N.H2O/c1-5-9-13-17(14-10-6-2,15-11-7-3)16-12-8-4;7-3(8)1-6(13,5(11)12)2-4(9)10;3*2-1(3)4;2-1-3;;;;;;;;;/h5-16H2,1-4H3;13H,1-2H2,(H,7,8)(H,9,10)(H,11,12);2H2,(H,3,4);2*(H2,2,3,4);1H,(H,2,3);1H;7*1H3;1H2/q+1;;;;;;;;;;;;;;/p-1. The van der Waals surface area contributed by atoms with Gasteiger partial charge in [0.1, 0.15) is 11.7 Å². The van der Waals surface area contributed by atoms with Crippen LogP contribution in [0.4, 0.5) is 14.4 Å². The minimum Gasteiger partial charge on any atom is -1.00 e. The second kappa shape index (κ2) is 66.8. The Kier molecular flexibility index (Phi) is 121. The van der Waals surface area contributed by atoms with Gasteiger partial charge in [-0.25, -0.2) is 0 Å². The molecule has 340 valence electrons. The highest BCUT2D eigenvalue weighted by Crippen LogP contribution is 2.16. The molecule has 0 saturated heterocycles. The average molecular weight is 838 g/mol. The van der Waals surface area contributed by atoms with Gasteiger partial charge in [0.15, 0.2) is 0 Å². The second-order valence-corrected chi connectivity index (χ2v) is 9.04. The zero-order valence-corrected chi connectivity index (χ0v) is 34.7. The van der Waals surface area contributed by atoms with Crippen LogP contribution in [-0.4, -0.2) is 105 Å². The van der Waals surface area contributed by atoms with Gasteiger partial charge in [-0.15, -0.1) is 0 Å². The zero-order valence-electron chi connectivity index (χ0n) is 33.9. The molecule has 0 saturated carbocycles. The van der Waals surface area contributed by atoms with E-state index in [4.69, 9.17) is 60.0 Å². The van der Waals surface area contributed by atoms with Crippen LogP contribution in [0, 0.1) is 0 Å². The fourth-order valence-electron chi connectivity index (χ4n) is 3.34. The van der Waals surface area contributed by atoms with E-state index in [1.807, 2.05) is 0 Å². The molecule has 0 fully saturated rings. The van der Waals surface area contributed by atoms with E-state index in [0.717, 1.165) is 0 Å². The lowest BCUT2D eigenvalue weighted by molar-refractivity contribution is -0.929. The smallest absolute Gasteiger partial charge is 0.306 e. The fraction of sp³-hybridized carbons (Fsp3) is 0.731. The molecule has 1 amide bonds. The van der Waals surface area contributed by atoms with E-state index in [1.54, 1.807) is 0 Å². The molecule has 0 radical (unpaired) electrons. The molecule has 28 heteroatoms. The topological polar surface area (TPSA) is 650 Å². The van der Waals surface area contributed by atoms with Crippen LogP contribution < -0.4 is 91.8 Å². The van der Waals surface area contributed by atoms with Crippen LogP contribution in [0.15, 0.2) is 0 Å². The molecule has 0 heterocycles. The summed E-state index contributed by atoms with van der Waals surface area (Å²) in [6.07, 6.45) is 2.75. The molecule has 0 aliphatic rings. The summed E-state index contributed by atoms with van der Waals surface area (Å²) in [4.78, 5) is 64.0. The van der Waals surface area contributed by atoms with Crippen molar-refractivity contribution in [2.45, 2.75) is 97.5 Å². The maximum Gasteiger partial charge on any atom is 0.306 e. The molecular weight excluding hydrogens is 762 g/mol. The fourth-order valence-corrected chi connectivity index (χ4v) is 3.34. The zero-order chi connectivity index (χ0) is 37.1. The first-order valence-corrected chi connectivity index (χ1v) is 13.7. The van der Waals surface area contributed by atoms with Crippen molar-refractivity contribution in [1.29, 1.82) is 0 Å². The highest BCUT2D eigenvalue weighted by atomic mass is 35.5. The number of hydrogen-bond donors (Lipinski definition) is 12. The number of halogens is 1. The maximum atomic E-state index is 10.2. The summed E-state index contributed by atoms with van der Waals surface area (Å²) in [6, 6.07) is 0. The van der Waals surface area contributed by atoms with Crippen molar-refractivity contribution < 1.29 is 107 Å². The Balaban J connectivity index is -0.0000000283. The van der Waals surface area contributed by atoms with E-state index in [-0.39, 0.29) is 60.9 Å². The van der Waals surface area contributed by atoms with Gasteiger partial charge in [-0.1, -0.05) is 53.4 Å². The van der Waals surface area contributed by atoms with Crippen molar-refractivity contribution in [2.75, 3.05) is 26.2 Å². The number of hydrogen-bond acceptors (Lipinski definition) is 15. The number of unbranched alkanes of at least 4 members (excludes halogenated alkanes) is 4. The highest BCUT2D eigenvalue weighted by molar-refractivity contribution is 5.86. The summed E-state index contributed by atoms with van der Waals surface area (Å²) in [5.41, 5.74) is 1.00. The molecule has 54 heavy (non-hydrogen) atoms. The first-order chi connectivity index (χ1) is 20.6. The first kappa shape index (κ1) is 97.9. The quantitative estimate of drug-likeness (QED) is 0.0482. The summed E-state index contributed by atoms with van der Waals surface area (Å²) in [5, 5.41) is 84.8. The van der Waals surface area contributed by atoms with Crippen molar-refractivity contribution in [2.24, 2.45) is 5.73 Å². The summed E-state index contributed by atoms with van der Waals surface area (Å²) in [5.74, 6) is -5.67. The lowest BCUT2D eigenvalue weighted by Crippen LogP contribution is -3.00. The molecule has 0 spiro atoms. The van der Waals surface area contributed by atoms with Crippen LogP contribution >= 0.6 is 0 Å². The number of amides is 1. The normalized spacial score (nSPS) is 8.83. The Morgan fingerprint density at radius 2 is 0.796 bits per heavy atom. The molecular formula is C26H76ClN9O18. The number of nitrogens with zero attached hydrogens (tertiary/aromatic N) is 1. The number of quaternary nitrogens is 8. The Bertz CT molecular complexity index is 744. The molecule has 1 unspecified atom stereocenters. The molecule has 0 aromatic carbocycles. The van der Waals surface area contributed by atoms with Gasteiger partial charge in [0.25, 0.3) is 0 Å². The van der Waals surface area contributed by atoms with E-state index < -0.39 is 61.2 Å². The van der Waals surface area contributed by atoms with Crippen LogP contribution in [0.1, 0.15) is 91.9 Å². The summed E-state index contributed by atoms with van der Waals surface area (Å²) < 4.78 is 1.42. The van der Waals surface area contributed by atoms with Crippen LogP contribution in [0.5, 0.6) is 0 Å². The lowest BCUT2D eigenvalue weighted by Gasteiger charge is -2.39. The Hall–Kier alpha value is -4.42. The molecule has 0 aliphatic heterocycles. The number of carboxylic acids is 3. The van der Waals surface area contributed by atoms with Crippen molar-refractivity contribution in [3.63, 3.8) is 0 Å². The number of nitrogens with two attached hydrogens (primary N) is 1. The molecule has 0 aromatic rings. The maximum absolute atomic E-state index is 10.2. The van der Waals surface area contributed by atoms with E-state index in [1.165, 1.54) is 82.0 Å². The largest absolute Gasteiger partial charge is 1.00 e. The summed E-state index contributed by atoms with van der Waals surface area (Å²) >= 11 is 0. The average Bonchev–Trinajstić information content (AvgIpc) is 2.87. The van der Waals surface area contributed by atoms with Gasteiger partial charge in [-0.3, -0.25) is 4.79 Å². The highest BCUT2D eigenvalue weighted by Gasteiger charge is 2.32. The van der Waals surface area contributed by atoms with Gasteiger partial charge >= 0.3 is 5.97 Å². The third-order valence-corrected chi connectivity index (χ3v) is 5.20. The number of aliphatic hydroxyl groups is 1. The summed E-state index contributed by atoms with van der Waals surface area (Å²) in [7, 11) is 0. The van der Waals surface area contributed by atoms with Gasteiger partial charge in [-0.2, -0.15) is 0 Å². The molecule has 0 bridgehead atoms. The summed E-state index contributed by atoms with van der Waals surface area (Å²) in [6.45, 7) is 14.5. The molecule has 0 aromatic heterocycles. The van der Waals surface area contributed by atoms with Crippen molar-refractivity contribution in [3.05, 3.63) is 0 Å². The number of primary amides is 1. The van der Waals surface area contributed by atoms with Gasteiger partial charge in [0.05, 0.1) is 38.6 Å². The number of carbonyl (C=O) groups is 7. The number of carbonyl (C=O) groups excluding carboxylic acids is 4. The molecule has 0 aliphatic carbocycles. The minimum absolute atomic E-state index is 0. The van der Waals surface area contributed by atoms with Gasteiger partial charge in [0.2, 0.25) is 12.3 Å². The van der Waals surface area contributed by atoms with Gasteiger partial charge in [-0.05, 0) is 25.7 Å². The number of carboxylic acid groups (broad SMARTS) is 9. The Labute approximate surface area is 322 Å². The van der Waals surface area contributed by atoms with Crippen molar-refractivity contribution in [1.82, 2.24) is 43.1 Å². The van der Waals surface area contributed by atoms with Crippen molar-refractivity contribution >= 4 is 42.8 Å². The first-order valence-electron chi connectivity index (χ1n) is 13.7.